The Hall–Kier alpha value is -1.92. The number of aromatic nitrogens is 1. The van der Waals surface area contributed by atoms with Crippen molar-refractivity contribution in [2.45, 2.75) is 49.1 Å². The first kappa shape index (κ1) is 17.9. The molecule has 1 aromatic carbocycles. The molecule has 0 saturated heterocycles. The van der Waals surface area contributed by atoms with Gasteiger partial charge in [-0.05, 0) is 48.6 Å². The van der Waals surface area contributed by atoms with E-state index in [9.17, 15) is 8.42 Å². The second-order valence-electron chi connectivity index (χ2n) is 7.34. The molecule has 2 aromatic heterocycles. The molecule has 0 amide bonds. The Morgan fingerprint density at radius 3 is 2.24 bits per heavy atom. The number of fused-ring (bicyclic) bond motifs is 1. The lowest BCUT2D eigenvalue weighted by Crippen LogP contribution is -2.11. The van der Waals surface area contributed by atoms with Crippen LogP contribution >= 0.6 is 11.3 Å². The first-order valence-electron chi connectivity index (χ1n) is 8.03. The van der Waals surface area contributed by atoms with E-state index >= 15 is 0 Å². The topological polar surface area (TPSA) is 73.1 Å². The average molecular weight is 375 g/mol. The van der Waals surface area contributed by atoms with Crippen LogP contribution < -0.4 is 5.73 Å². The second-order valence-corrected chi connectivity index (χ2v) is 10.5. The van der Waals surface area contributed by atoms with Crippen LogP contribution in [0.25, 0.3) is 10.2 Å². The molecule has 0 atom stereocenters. The van der Waals surface area contributed by atoms with Gasteiger partial charge in [0.2, 0.25) is 9.84 Å². The van der Waals surface area contributed by atoms with Gasteiger partial charge < -0.3 is 5.73 Å². The second kappa shape index (κ2) is 5.81. The Labute approximate surface area is 152 Å². The summed E-state index contributed by atoms with van der Waals surface area (Å²) < 4.78 is 26.3. The number of thiophene rings is 1. The summed E-state index contributed by atoms with van der Waals surface area (Å²) in [4.78, 5) is 5.37. The highest BCUT2D eigenvalue weighted by Gasteiger charge is 2.26. The highest BCUT2D eigenvalue weighted by atomic mass is 32.2. The smallest absolute Gasteiger partial charge is 0.218 e. The molecule has 0 fully saturated rings. The molecule has 0 aliphatic rings. The third kappa shape index (κ3) is 3.04. The Bertz CT molecular complexity index is 1060. The number of aryl methyl sites for hydroxylation is 2. The van der Waals surface area contributed by atoms with Crippen LogP contribution in [0.15, 0.2) is 39.4 Å². The minimum absolute atomic E-state index is 0.0303. The molecule has 0 aliphatic heterocycles. The molecule has 0 saturated carbocycles. The fourth-order valence-corrected chi connectivity index (χ4v) is 5.90. The van der Waals surface area contributed by atoms with E-state index < -0.39 is 9.84 Å². The summed E-state index contributed by atoms with van der Waals surface area (Å²) in [5.41, 5.74) is 9.35. The van der Waals surface area contributed by atoms with Crippen molar-refractivity contribution in [1.82, 2.24) is 4.98 Å². The molecule has 4 nitrogen and oxygen atoms in total. The van der Waals surface area contributed by atoms with E-state index in [0.29, 0.717) is 10.5 Å². The van der Waals surface area contributed by atoms with Crippen molar-refractivity contribution in [3.05, 3.63) is 47.2 Å². The molecule has 6 heteroatoms. The lowest BCUT2D eigenvalue weighted by molar-refractivity contribution is 0.587. The van der Waals surface area contributed by atoms with Gasteiger partial charge in [0, 0.05) is 11.1 Å². The van der Waals surface area contributed by atoms with Crippen LogP contribution in [0, 0.1) is 13.8 Å². The van der Waals surface area contributed by atoms with Gasteiger partial charge in [0.1, 0.15) is 9.04 Å². The number of nitrogens with zero attached hydrogens (tertiary/aromatic N) is 1. The minimum atomic E-state index is -3.67. The highest BCUT2D eigenvalue weighted by molar-refractivity contribution is 7.93. The van der Waals surface area contributed by atoms with E-state index in [2.05, 4.69) is 25.8 Å². The number of nitrogens with two attached hydrogens (primary N) is 1. The Kier molecular flexibility index (Phi) is 4.16. The van der Waals surface area contributed by atoms with Crippen LogP contribution in [0.1, 0.15) is 37.6 Å². The normalized spacial score (nSPS) is 12.7. The number of sulfone groups is 1. The zero-order chi connectivity index (χ0) is 18.6. The molecule has 2 heterocycles. The molecule has 2 N–H and O–H groups in total. The Balaban J connectivity index is 2.16. The van der Waals surface area contributed by atoms with Crippen LogP contribution in [-0.2, 0) is 15.3 Å². The summed E-state index contributed by atoms with van der Waals surface area (Å²) >= 11 is 1.14. The van der Waals surface area contributed by atoms with Gasteiger partial charge in [-0.1, -0.05) is 32.9 Å². The van der Waals surface area contributed by atoms with Crippen LogP contribution in [0.2, 0.25) is 0 Å². The van der Waals surface area contributed by atoms with E-state index in [1.54, 1.807) is 12.1 Å². The Morgan fingerprint density at radius 2 is 1.68 bits per heavy atom. The molecular formula is C19H22N2O2S2. The van der Waals surface area contributed by atoms with Gasteiger partial charge in [0.25, 0.3) is 0 Å². The third-order valence-electron chi connectivity index (χ3n) is 4.26. The molecule has 132 valence electrons. The first-order chi connectivity index (χ1) is 11.5. The number of nitrogen functional groups attached to an aromatic ring is 1. The maximum atomic E-state index is 13.1. The summed E-state index contributed by atoms with van der Waals surface area (Å²) in [6.45, 7) is 10.1. The zero-order valence-electron chi connectivity index (χ0n) is 15.0. The van der Waals surface area contributed by atoms with Gasteiger partial charge in [-0.2, -0.15) is 0 Å². The van der Waals surface area contributed by atoms with E-state index in [1.165, 1.54) is 0 Å². The van der Waals surface area contributed by atoms with Gasteiger partial charge in [0.05, 0.1) is 10.6 Å². The van der Waals surface area contributed by atoms with Crippen LogP contribution in [0.5, 0.6) is 0 Å². The highest BCUT2D eigenvalue weighted by Crippen LogP contribution is 2.40. The van der Waals surface area contributed by atoms with Crippen molar-refractivity contribution < 1.29 is 8.42 Å². The largest absolute Gasteiger partial charge is 0.396 e. The zero-order valence-corrected chi connectivity index (χ0v) is 16.7. The fourth-order valence-electron chi connectivity index (χ4n) is 2.89. The number of hydrogen-bond donors (Lipinski definition) is 1. The van der Waals surface area contributed by atoms with Gasteiger partial charge in [-0.3, -0.25) is 0 Å². The van der Waals surface area contributed by atoms with Gasteiger partial charge >= 0.3 is 0 Å². The third-order valence-corrected chi connectivity index (χ3v) is 7.67. The predicted octanol–water partition coefficient (Wildman–Crippen LogP) is 4.63. The van der Waals surface area contributed by atoms with Crippen molar-refractivity contribution in [1.29, 1.82) is 0 Å². The molecule has 0 bridgehead atoms. The molecule has 3 rings (SSSR count). The Morgan fingerprint density at radius 1 is 1.08 bits per heavy atom. The standard InChI is InChI=1S/C19H22N2O2S2/c1-11-10-12(2)21-17-15(11)16(20)18(24-17)25(22,23)14-8-6-13(7-9-14)19(3,4)5/h6-10H,20H2,1-5H3. The summed E-state index contributed by atoms with van der Waals surface area (Å²) in [7, 11) is -3.67. The number of benzene rings is 1. The minimum Gasteiger partial charge on any atom is -0.396 e. The van der Waals surface area contributed by atoms with E-state index in [4.69, 9.17) is 5.73 Å². The molecule has 25 heavy (non-hydrogen) atoms. The van der Waals surface area contributed by atoms with Crippen LogP contribution in [0.3, 0.4) is 0 Å². The van der Waals surface area contributed by atoms with E-state index in [-0.39, 0.29) is 14.5 Å². The molecule has 0 spiro atoms. The van der Waals surface area contributed by atoms with E-state index in [1.807, 2.05) is 32.0 Å². The molecule has 0 radical (unpaired) electrons. The molecule has 3 aromatic rings. The van der Waals surface area contributed by atoms with Crippen molar-refractivity contribution in [2.24, 2.45) is 0 Å². The monoisotopic (exact) mass is 374 g/mol. The maximum absolute atomic E-state index is 13.1. The maximum Gasteiger partial charge on any atom is 0.218 e. The summed E-state index contributed by atoms with van der Waals surface area (Å²) in [5.74, 6) is 0. The number of rotatable bonds is 2. The predicted molar refractivity (Wildman–Crippen MR) is 104 cm³/mol. The van der Waals surface area contributed by atoms with E-state index in [0.717, 1.165) is 33.5 Å². The number of hydrogen-bond acceptors (Lipinski definition) is 5. The average Bonchev–Trinajstić information content (AvgIpc) is 2.84. The summed E-state index contributed by atoms with van der Waals surface area (Å²) in [5, 5.41) is 0.737. The SMILES string of the molecule is Cc1cc(C)c2c(N)c(S(=O)(=O)c3ccc(C(C)(C)C)cc3)sc2n1. The number of pyridine rings is 1. The van der Waals surface area contributed by atoms with Crippen LogP contribution in [0.4, 0.5) is 5.69 Å². The lowest BCUT2D eigenvalue weighted by Gasteiger charge is -2.19. The molecule has 0 unspecified atom stereocenters. The molecule has 0 aliphatic carbocycles. The van der Waals surface area contributed by atoms with Crippen molar-refractivity contribution in [2.75, 3.05) is 5.73 Å². The quantitative estimate of drug-likeness (QED) is 0.710. The van der Waals surface area contributed by atoms with Crippen molar-refractivity contribution >= 4 is 37.1 Å². The summed E-state index contributed by atoms with van der Waals surface area (Å²) in [6.07, 6.45) is 0. The van der Waals surface area contributed by atoms with Gasteiger partial charge in [0.15, 0.2) is 0 Å². The molecular weight excluding hydrogens is 352 g/mol. The van der Waals surface area contributed by atoms with Crippen LogP contribution in [-0.4, -0.2) is 13.4 Å². The van der Waals surface area contributed by atoms with Crippen molar-refractivity contribution in [3.63, 3.8) is 0 Å². The van der Waals surface area contributed by atoms with Crippen molar-refractivity contribution in [3.8, 4) is 0 Å². The van der Waals surface area contributed by atoms with Gasteiger partial charge in [-0.15, -0.1) is 11.3 Å². The first-order valence-corrected chi connectivity index (χ1v) is 10.3. The fraction of sp³-hybridized carbons (Fsp3) is 0.316. The summed E-state index contributed by atoms with van der Waals surface area (Å²) in [6, 6.07) is 8.96. The van der Waals surface area contributed by atoms with Gasteiger partial charge in [-0.25, -0.2) is 13.4 Å². The lowest BCUT2D eigenvalue weighted by atomic mass is 9.87. The number of anilines is 1.